The Morgan fingerprint density at radius 3 is 2.58 bits per heavy atom. The standard InChI is InChI=1S/C14H22N2O2S/c1-9(14-10(2)19-11(3)15-14)16(8-13(17)18)12-6-4-5-7-12/h9,12H,4-8H2,1-3H3,(H,17,18). The minimum absolute atomic E-state index is 0.0872. The molecule has 106 valence electrons. The van der Waals surface area contributed by atoms with Gasteiger partial charge in [-0.3, -0.25) is 9.69 Å². The molecule has 1 aliphatic carbocycles. The van der Waals surface area contributed by atoms with Gasteiger partial charge in [-0.2, -0.15) is 0 Å². The van der Waals surface area contributed by atoms with Crippen LogP contribution in [-0.2, 0) is 4.79 Å². The number of hydrogen-bond acceptors (Lipinski definition) is 4. The lowest BCUT2D eigenvalue weighted by atomic mass is 10.1. The largest absolute Gasteiger partial charge is 0.480 e. The summed E-state index contributed by atoms with van der Waals surface area (Å²) in [5.41, 5.74) is 1.05. The van der Waals surface area contributed by atoms with Crippen molar-refractivity contribution < 1.29 is 9.90 Å². The Labute approximate surface area is 118 Å². The zero-order chi connectivity index (χ0) is 14.0. The smallest absolute Gasteiger partial charge is 0.317 e. The van der Waals surface area contributed by atoms with Gasteiger partial charge in [0.25, 0.3) is 0 Å². The topological polar surface area (TPSA) is 53.4 Å². The Bertz CT molecular complexity index is 452. The molecule has 19 heavy (non-hydrogen) atoms. The second kappa shape index (κ2) is 6.01. The molecule has 1 aliphatic rings. The maximum atomic E-state index is 11.1. The van der Waals surface area contributed by atoms with E-state index in [1.54, 1.807) is 11.3 Å². The van der Waals surface area contributed by atoms with Gasteiger partial charge in [-0.05, 0) is 33.6 Å². The summed E-state index contributed by atoms with van der Waals surface area (Å²) < 4.78 is 0. The van der Waals surface area contributed by atoms with Crippen LogP contribution in [0.4, 0.5) is 0 Å². The molecular formula is C14H22N2O2S. The Kier molecular flexibility index (Phi) is 4.58. The number of aromatic nitrogens is 1. The molecule has 1 unspecified atom stereocenters. The molecule has 0 aliphatic heterocycles. The molecule has 1 aromatic heterocycles. The van der Waals surface area contributed by atoms with Gasteiger partial charge >= 0.3 is 5.97 Å². The molecule has 0 radical (unpaired) electrons. The van der Waals surface area contributed by atoms with E-state index in [1.807, 2.05) is 6.92 Å². The Hall–Kier alpha value is -0.940. The van der Waals surface area contributed by atoms with E-state index in [0.717, 1.165) is 23.5 Å². The van der Waals surface area contributed by atoms with Crippen molar-refractivity contribution in [3.8, 4) is 0 Å². The molecule has 1 fully saturated rings. The van der Waals surface area contributed by atoms with Crippen molar-refractivity contribution in [1.82, 2.24) is 9.88 Å². The van der Waals surface area contributed by atoms with E-state index in [1.165, 1.54) is 17.7 Å². The highest BCUT2D eigenvalue weighted by atomic mass is 32.1. The van der Waals surface area contributed by atoms with Crippen LogP contribution < -0.4 is 0 Å². The monoisotopic (exact) mass is 282 g/mol. The minimum Gasteiger partial charge on any atom is -0.480 e. The molecular weight excluding hydrogens is 260 g/mol. The van der Waals surface area contributed by atoms with E-state index >= 15 is 0 Å². The van der Waals surface area contributed by atoms with E-state index in [0.29, 0.717) is 6.04 Å². The minimum atomic E-state index is -0.747. The average molecular weight is 282 g/mol. The number of rotatable bonds is 5. The second-order valence-electron chi connectivity index (χ2n) is 5.35. The van der Waals surface area contributed by atoms with Crippen molar-refractivity contribution >= 4 is 17.3 Å². The molecule has 5 heteroatoms. The maximum Gasteiger partial charge on any atom is 0.317 e. The molecule has 1 heterocycles. The number of aryl methyl sites for hydroxylation is 2. The van der Waals surface area contributed by atoms with Gasteiger partial charge in [0.15, 0.2) is 0 Å². The van der Waals surface area contributed by atoms with Crippen LogP contribution in [0.2, 0.25) is 0 Å². The zero-order valence-corrected chi connectivity index (χ0v) is 12.7. The quantitative estimate of drug-likeness (QED) is 0.901. The highest BCUT2D eigenvalue weighted by molar-refractivity contribution is 7.11. The first-order chi connectivity index (χ1) is 8.99. The molecule has 0 amide bonds. The molecule has 0 bridgehead atoms. The van der Waals surface area contributed by atoms with Crippen LogP contribution in [0.25, 0.3) is 0 Å². The zero-order valence-electron chi connectivity index (χ0n) is 11.8. The molecule has 4 nitrogen and oxygen atoms in total. The number of aliphatic carboxylic acids is 1. The van der Waals surface area contributed by atoms with Crippen LogP contribution in [0.3, 0.4) is 0 Å². The normalized spacial score (nSPS) is 18.1. The third kappa shape index (κ3) is 3.34. The number of nitrogens with zero attached hydrogens (tertiary/aromatic N) is 2. The fourth-order valence-electron chi connectivity index (χ4n) is 3.06. The van der Waals surface area contributed by atoms with Gasteiger partial charge in [-0.25, -0.2) is 4.98 Å². The third-order valence-electron chi connectivity index (χ3n) is 3.94. The Balaban J connectivity index is 2.21. The summed E-state index contributed by atoms with van der Waals surface area (Å²) in [5, 5.41) is 10.2. The molecule has 1 saturated carbocycles. The predicted octanol–water partition coefficient (Wildman–Crippen LogP) is 3.15. The molecule has 1 atom stereocenters. The number of thiazole rings is 1. The van der Waals surface area contributed by atoms with Crippen molar-refractivity contribution in [2.45, 2.75) is 58.5 Å². The van der Waals surface area contributed by atoms with Crippen LogP contribution in [0.5, 0.6) is 0 Å². The highest BCUT2D eigenvalue weighted by Crippen LogP contribution is 2.33. The SMILES string of the molecule is Cc1nc(C(C)N(CC(=O)O)C2CCCC2)c(C)s1. The Morgan fingerprint density at radius 2 is 2.11 bits per heavy atom. The number of carbonyl (C=O) groups is 1. The molecule has 0 aromatic carbocycles. The molecule has 1 aromatic rings. The van der Waals surface area contributed by atoms with Crippen LogP contribution >= 0.6 is 11.3 Å². The molecule has 1 N–H and O–H groups in total. The van der Waals surface area contributed by atoms with Crippen LogP contribution in [0.1, 0.15) is 54.2 Å². The van der Waals surface area contributed by atoms with Crippen LogP contribution in [-0.4, -0.2) is 33.5 Å². The van der Waals surface area contributed by atoms with Gasteiger partial charge in [-0.15, -0.1) is 11.3 Å². The fourth-order valence-corrected chi connectivity index (χ4v) is 3.97. The summed E-state index contributed by atoms with van der Waals surface area (Å²) in [6.07, 6.45) is 4.64. The van der Waals surface area contributed by atoms with E-state index in [2.05, 4.69) is 23.7 Å². The Morgan fingerprint density at radius 1 is 1.47 bits per heavy atom. The summed E-state index contributed by atoms with van der Waals surface area (Å²) in [6.45, 7) is 6.28. The molecule has 2 rings (SSSR count). The molecule has 0 saturated heterocycles. The number of carboxylic acids is 1. The van der Waals surface area contributed by atoms with Crippen LogP contribution in [0.15, 0.2) is 0 Å². The van der Waals surface area contributed by atoms with E-state index in [-0.39, 0.29) is 12.6 Å². The summed E-state index contributed by atoms with van der Waals surface area (Å²) >= 11 is 1.69. The highest BCUT2D eigenvalue weighted by Gasteiger charge is 2.30. The first-order valence-corrected chi connectivity index (χ1v) is 7.72. The first-order valence-electron chi connectivity index (χ1n) is 6.90. The number of carboxylic acid groups (broad SMARTS) is 1. The maximum absolute atomic E-state index is 11.1. The van der Waals surface area contributed by atoms with Crippen molar-refractivity contribution in [3.05, 3.63) is 15.6 Å². The lowest BCUT2D eigenvalue weighted by molar-refractivity contribution is -0.139. The van der Waals surface area contributed by atoms with E-state index in [4.69, 9.17) is 5.11 Å². The van der Waals surface area contributed by atoms with Crippen molar-refractivity contribution in [3.63, 3.8) is 0 Å². The van der Waals surface area contributed by atoms with Crippen molar-refractivity contribution in [2.24, 2.45) is 0 Å². The molecule has 0 spiro atoms. The van der Waals surface area contributed by atoms with Crippen molar-refractivity contribution in [1.29, 1.82) is 0 Å². The van der Waals surface area contributed by atoms with Gasteiger partial charge in [0, 0.05) is 10.9 Å². The van der Waals surface area contributed by atoms with Gasteiger partial charge in [0.1, 0.15) is 0 Å². The van der Waals surface area contributed by atoms with Crippen LogP contribution in [0, 0.1) is 13.8 Å². The van der Waals surface area contributed by atoms with E-state index < -0.39 is 5.97 Å². The average Bonchev–Trinajstić information content (AvgIpc) is 2.94. The summed E-state index contributed by atoms with van der Waals surface area (Å²) in [6, 6.07) is 0.483. The second-order valence-corrected chi connectivity index (χ2v) is 6.76. The summed E-state index contributed by atoms with van der Waals surface area (Å²) in [5.74, 6) is -0.747. The number of hydrogen-bond donors (Lipinski definition) is 1. The summed E-state index contributed by atoms with van der Waals surface area (Å²) in [7, 11) is 0. The van der Waals surface area contributed by atoms with Gasteiger partial charge in [0.2, 0.25) is 0 Å². The van der Waals surface area contributed by atoms with Gasteiger partial charge in [-0.1, -0.05) is 12.8 Å². The lowest BCUT2D eigenvalue weighted by Gasteiger charge is -2.32. The first kappa shape index (κ1) is 14.5. The lowest BCUT2D eigenvalue weighted by Crippen LogP contribution is -2.39. The summed E-state index contributed by atoms with van der Waals surface area (Å²) in [4.78, 5) is 19.1. The third-order valence-corrected chi connectivity index (χ3v) is 4.85. The van der Waals surface area contributed by atoms with Gasteiger partial charge in [0.05, 0.1) is 23.3 Å². The van der Waals surface area contributed by atoms with E-state index in [9.17, 15) is 4.79 Å². The van der Waals surface area contributed by atoms with Gasteiger partial charge < -0.3 is 5.11 Å². The predicted molar refractivity (Wildman–Crippen MR) is 76.6 cm³/mol. The fraction of sp³-hybridized carbons (Fsp3) is 0.714. The van der Waals surface area contributed by atoms with Crippen molar-refractivity contribution in [2.75, 3.05) is 6.54 Å².